The average molecular weight is 623 g/mol. The van der Waals surface area contributed by atoms with E-state index in [9.17, 15) is 14.4 Å². The summed E-state index contributed by atoms with van der Waals surface area (Å²) >= 11 is 27.0. The average Bonchev–Trinajstić information content (AvgIpc) is 3.27. The monoisotopic (exact) mass is 621 g/mol. The lowest BCUT2D eigenvalue weighted by Gasteiger charge is -2.54. The molecule has 2 bridgehead atoms. The van der Waals surface area contributed by atoms with Crippen molar-refractivity contribution in [2.75, 3.05) is 4.90 Å². The van der Waals surface area contributed by atoms with Crippen LogP contribution in [0.4, 0.5) is 5.69 Å². The molecule has 0 spiro atoms. The second-order valence-corrected chi connectivity index (χ2v) is 12.4. The molecule has 4 aromatic rings. The van der Waals surface area contributed by atoms with Gasteiger partial charge in [0, 0.05) is 0 Å². The highest BCUT2D eigenvalue weighted by atomic mass is 35.5. The topological polar surface area (TPSA) is 63.7 Å². The lowest BCUT2D eigenvalue weighted by Crippen LogP contribution is -2.57. The fourth-order valence-electron chi connectivity index (χ4n) is 6.56. The van der Waals surface area contributed by atoms with Gasteiger partial charge in [-0.3, -0.25) is 9.59 Å². The predicted molar refractivity (Wildman–Crippen MR) is 158 cm³/mol. The molecule has 8 rings (SSSR count). The van der Waals surface area contributed by atoms with Crippen LogP contribution in [-0.2, 0) is 30.7 Å². The second kappa shape index (κ2) is 9.33. The van der Waals surface area contributed by atoms with Crippen molar-refractivity contribution in [1.29, 1.82) is 0 Å². The first-order valence-electron chi connectivity index (χ1n) is 12.8. The maximum atomic E-state index is 14.2. The summed E-state index contributed by atoms with van der Waals surface area (Å²) in [5.74, 6) is -3.44. The lowest BCUT2D eigenvalue weighted by atomic mass is 9.54. The van der Waals surface area contributed by atoms with E-state index in [0.717, 1.165) is 27.2 Å². The third-order valence-corrected chi connectivity index (χ3v) is 10.3. The number of carbonyl (C=O) groups is 3. The Bertz CT molecular complexity index is 1680. The zero-order valence-electron chi connectivity index (χ0n) is 21.1. The van der Waals surface area contributed by atoms with Gasteiger partial charge in [-0.25, -0.2) is 9.69 Å². The van der Waals surface area contributed by atoms with E-state index in [4.69, 9.17) is 51.1 Å². The Kier molecular flexibility index (Phi) is 6.04. The van der Waals surface area contributed by atoms with E-state index in [1.54, 1.807) is 36.4 Å². The summed E-state index contributed by atoms with van der Waals surface area (Å²) in [6, 6.07) is 26.1. The molecule has 1 heterocycles. The first-order valence-corrected chi connectivity index (χ1v) is 14.3. The largest absolute Gasteiger partial charge is 0.457 e. The highest BCUT2D eigenvalue weighted by Gasteiger charge is 2.73. The Balaban J connectivity index is 1.25. The summed E-state index contributed by atoms with van der Waals surface area (Å²) in [6.07, 6.45) is 0. The van der Waals surface area contributed by atoms with Crippen LogP contribution in [-0.4, -0.2) is 17.8 Å². The maximum Gasteiger partial charge on any atom is 0.338 e. The Morgan fingerprint density at radius 2 is 1.24 bits per heavy atom. The molecule has 0 radical (unpaired) electrons. The molecule has 0 aromatic heterocycles. The van der Waals surface area contributed by atoms with Crippen LogP contribution < -0.4 is 4.90 Å². The van der Waals surface area contributed by atoms with Crippen molar-refractivity contribution in [1.82, 2.24) is 0 Å². The molecular formula is C32H19Cl4NO4. The molecule has 41 heavy (non-hydrogen) atoms. The fraction of sp³-hybridized carbons (Fsp3) is 0.156. The molecule has 1 saturated heterocycles. The number of ether oxygens (including phenoxy) is 1. The van der Waals surface area contributed by atoms with Crippen molar-refractivity contribution in [3.05, 3.63) is 134 Å². The second-order valence-electron chi connectivity index (χ2n) is 10.4. The van der Waals surface area contributed by atoms with Gasteiger partial charge in [-0.1, -0.05) is 83.9 Å². The van der Waals surface area contributed by atoms with Gasteiger partial charge in [0.15, 0.2) is 0 Å². The van der Waals surface area contributed by atoms with Gasteiger partial charge in [-0.05, 0) is 58.1 Å². The van der Waals surface area contributed by atoms with Crippen LogP contribution in [0.25, 0.3) is 0 Å². The zero-order valence-corrected chi connectivity index (χ0v) is 24.1. The van der Waals surface area contributed by atoms with Crippen molar-refractivity contribution in [3.8, 4) is 0 Å². The number of hydrogen-bond acceptors (Lipinski definition) is 4. The quantitative estimate of drug-likeness (QED) is 0.135. The van der Waals surface area contributed by atoms with Gasteiger partial charge in [-0.2, -0.15) is 0 Å². The van der Waals surface area contributed by atoms with Gasteiger partial charge in [0.2, 0.25) is 11.8 Å². The normalized spacial score (nSPS) is 25.5. The first-order chi connectivity index (χ1) is 19.7. The minimum Gasteiger partial charge on any atom is -0.457 e. The number of carbonyl (C=O) groups excluding carboxylic acids is 3. The van der Waals surface area contributed by atoms with Crippen molar-refractivity contribution < 1.29 is 19.1 Å². The van der Waals surface area contributed by atoms with Gasteiger partial charge < -0.3 is 4.74 Å². The summed E-state index contributed by atoms with van der Waals surface area (Å²) in [7, 11) is 0. The van der Waals surface area contributed by atoms with E-state index < -0.39 is 39.4 Å². The molecular weight excluding hydrogens is 604 g/mol. The van der Waals surface area contributed by atoms with E-state index >= 15 is 0 Å². The number of anilines is 1. The van der Waals surface area contributed by atoms with Crippen LogP contribution in [0.5, 0.6) is 0 Å². The van der Waals surface area contributed by atoms with E-state index in [1.165, 1.54) is 6.07 Å². The molecule has 4 aliphatic rings. The number of alkyl halides is 2. The highest BCUT2D eigenvalue weighted by molar-refractivity contribution is 6.42. The molecule has 2 atom stereocenters. The Hall–Kier alpha value is -3.35. The molecule has 4 aromatic carbocycles. The number of amides is 2. The van der Waals surface area contributed by atoms with Crippen molar-refractivity contribution in [2.45, 2.75) is 16.4 Å². The van der Waals surface area contributed by atoms with Gasteiger partial charge in [0.25, 0.3) is 0 Å². The smallest absolute Gasteiger partial charge is 0.338 e. The minimum atomic E-state index is -1.29. The number of halogens is 4. The van der Waals surface area contributed by atoms with E-state index in [0.29, 0.717) is 15.6 Å². The Labute approximate surface area is 255 Å². The molecule has 1 aliphatic heterocycles. The summed E-state index contributed by atoms with van der Waals surface area (Å²) in [5.41, 5.74) is 3.96. The molecule has 5 nitrogen and oxygen atoms in total. The first kappa shape index (κ1) is 26.5. The Morgan fingerprint density at radius 3 is 1.76 bits per heavy atom. The summed E-state index contributed by atoms with van der Waals surface area (Å²) in [5, 5.41) is 0.745. The number of rotatable bonds is 4. The third kappa shape index (κ3) is 3.59. The molecule has 0 N–H and O–H groups in total. The van der Waals surface area contributed by atoms with Gasteiger partial charge in [-0.15, -0.1) is 23.2 Å². The van der Waals surface area contributed by atoms with Crippen LogP contribution in [0.15, 0.2) is 91.0 Å². The van der Waals surface area contributed by atoms with E-state index in [2.05, 4.69) is 0 Å². The molecule has 0 unspecified atom stereocenters. The van der Waals surface area contributed by atoms with Crippen LogP contribution in [0.1, 0.15) is 38.2 Å². The van der Waals surface area contributed by atoms with E-state index in [-0.39, 0.29) is 17.9 Å². The summed E-state index contributed by atoms with van der Waals surface area (Å²) < 4.78 is 5.46. The Morgan fingerprint density at radius 1 is 0.707 bits per heavy atom. The molecule has 204 valence electrons. The number of benzene rings is 4. The number of esters is 1. The van der Waals surface area contributed by atoms with Crippen LogP contribution >= 0.6 is 46.4 Å². The van der Waals surface area contributed by atoms with Crippen molar-refractivity contribution >= 4 is 69.9 Å². The molecule has 1 fully saturated rings. The zero-order chi connectivity index (χ0) is 28.7. The highest BCUT2D eigenvalue weighted by Crippen LogP contribution is 2.69. The fourth-order valence-corrected chi connectivity index (χ4v) is 7.97. The van der Waals surface area contributed by atoms with Gasteiger partial charge in [0.1, 0.15) is 16.4 Å². The number of hydrogen-bond donors (Lipinski definition) is 0. The number of nitrogens with zero attached hydrogens (tertiary/aromatic N) is 1. The summed E-state index contributed by atoms with van der Waals surface area (Å²) in [4.78, 5) is 39.9. The van der Waals surface area contributed by atoms with Crippen LogP contribution in [0.2, 0.25) is 10.0 Å². The number of imide groups is 1. The molecule has 2 amide bonds. The lowest BCUT2D eigenvalue weighted by molar-refractivity contribution is -0.122. The van der Waals surface area contributed by atoms with Crippen molar-refractivity contribution in [2.24, 2.45) is 11.8 Å². The standard InChI is InChI=1S/C32H19Cl4NO4/c33-24-13-12-17(14-25(24)34)16-41-30(40)18-6-5-7-19(15-18)37-28(38)26-27(29(37)39)32(36)21-9-2-1-8-20(21)31(26,35)22-10-3-4-11-23(22)32/h1-15,26-27H,16H2/t26-,27+,31?,32?. The SMILES string of the molecule is O=C(OCc1ccc(Cl)c(Cl)c1)c1cccc(N2C(=O)[C@@H]3[C@H](C2=O)C2(Cl)c4ccccc4C3(Cl)c3ccccc32)c1. The molecule has 9 heteroatoms. The maximum absolute atomic E-state index is 14.2. The minimum absolute atomic E-state index is 0.0360. The predicted octanol–water partition coefficient (Wildman–Crippen LogP) is 7.45. The van der Waals surface area contributed by atoms with Crippen LogP contribution in [0.3, 0.4) is 0 Å². The third-order valence-electron chi connectivity index (χ3n) is 8.28. The molecule has 3 aliphatic carbocycles. The van der Waals surface area contributed by atoms with Gasteiger partial charge in [0.05, 0.1) is 33.1 Å². The molecule has 0 saturated carbocycles. The van der Waals surface area contributed by atoms with Gasteiger partial charge >= 0.3 is 5.97 Å². The van der Waals surface area contributed by atoms with Crippen LogP contribution in [0, 0.1) is 11.8 Å². The van der Waals surface area contributed by atoms with Crippen molar-refractivity contribution in [3.63, 3.8) is 0 Å². The van der Waals surface area contributed by atoms with E-state index in [1.807, 2.05) is 48.5 Å². The summed E-state index contributed by atoms with van der Waals surface area (Å²) in [6.45, 7) is -0.0360.